The van der Waals surface area contributed by atoms with Gasteiger partial charge in [-0.1, -0.05) is 96.8 Å². The highest BCUT2D eigenvalue weighted by Crippen LogP contribution is 2.16. The summed E-state index contributed by atoms with van der Waals surface area (Å²) in [5.41, 5.74) is 0. The highest BCUT2D eigenvalue weighted by molar-refractivity contribution is 5.66. The highest BCUT2D eigenvalue weighted by atomic mass is 16.4. The van der Waals surface area contributed by atoms with E-state index in [1.54, 1.807) is 0 Å². The maximum absolute atomic E-state index is 10.4. The summed E-state index contributed by atoms with van der Waals surface area (Å²) in [6.07, 6.45) is 20.7. The molecule has 0 aromatic rings. The van der Waals surface area contributed by atoms with Crippen LogP contribution in [0, 0.1) is 0 Å². The molecule has 3 N–H and O–H groups in total. The van der Waals surface area contributed by atoms with Crippen LogP contribution in [0.3, 0.4) is 0 Å². The van der Waals surface area contributed by atoms with E-state index >= 15 is 0 Å². The number of carbonyl (C=O) groups is 1. The van der Waals surface area contributed by atoms with Gasteiger partial charge in [-0.05, 0) is 32.1 Å². The molecule has 0 bridgehead atoms. The van der Waals surface area contributed by atoms with E-state index < -0.39 is 5.97 Å². The standard InChI is InChI=1S/C24H48O4/c1-2-3-4-5-6-8-11-14-17-22(25)20-21-23(26)18-15-12-9-7-10-13-16-19-24(27)28/h22-23,25-26H,2-21H2,1H3,(H,27,28). The Labute approximate surface area is 174 Å². The molecule has 0 spiro atoms. The third-order valence-corrected chi connectivity index (χ3v) is 5.65. The normalized spacial score (nSPS) is 13.5. The SMILES string of the molecule is CCCCCCCCCCC(O)CCC(O)CCCCCCCCCC(=O)O. The molecule has 0 amide bonds. The zero-order valence-electron chi connectivity index (χ0n) is 18.5. The lowest BCUT2D eigenvalue weighted by molar-refractivity contribution is -0.137. The molecule has 4 nitrogen and oxygen atoms in total. The summed E-state index contributed by atoms with van der Waals surface area (Å²) in [4.78, 5) is 10.4. The predicted molar refractivity (Wildman–Crippen MR) is 118 cm³/mol. The Balaban J connectivity index is 3.32. The van der Waals surface area contributed by atoms with E-state index in [0.717, 1.165) is 64.2 Å². The van der Waals surface area contributed by atoms with Gasteiger partial charge >= 0.3 is 5.97 Å². The van der Waals surface area contributed by atoms with E-state index in [2.05, 4.69) is 6.92 Å². The number of rotatable bonds is 22. The molecule has 0 aliphatic heterocycles. The molecule has 0 aliphatic carbocycles. The predicted octanol–water partition coefficient (Wildman–Crippen LogP) is 6.61. The second kappa shape index (κ2) is 21.1. The van der Waals surface area contributed by atoms with Crippen molar-refractivity contribution >= 4 is 5.97 Å². The van der Waals surface area contributed by atoms with Crippen molar-refractivity contribution < 1.29 is 20.1 Å². The Hall–Kier alpha value is -0.610. The van der Waals surface area contributed by atoms with Crippen LogP contribution < -0.4 is 0 Å². The third kappa shape index (κ3) is 21.7. The number of aliphatic carboxylic acids is 1. The summed E-state index contributed by atoms with van der Waals surface area (Å²) in [5.74, 6) is -0.697. The van der Waals surface area contributed by atoms with Crippen LogP contribution in [0.4, 0.5) is 0 Å². The molecule has 28 heavy (non-hydrogen) atoms. The van der Waals surface area contributed by atoms with Crippen molar-refractivity contribution in [1.29, 1.82) is 0 Å². The number of aliphatic hydroxyl groups is 2. The zero-order chi connectivity index (χ0) is 20.9. The van der Waals surface area contributed by atoms with E-state index in [1.807, 2.05) is 0 Å². The van der Waals surface area contributed by atoms with Gasteiger partial charge in [0, 0.05) is 6.42 Å². The van der Waals surface area contributed by atoms with Gasteiger partial charge in [-0.15, -0.1) is 0 Å². The van der Waals surface area contributed by atoms with Gasteiger partial charge in [-0.25, -0.2) is 0 Å². The van der Waals surface area contributed by atoms with Crippen molar-refractivity contribution in [3.8, 4) is 0 Å². The minimum absolute atomic E-state index is 0.249. The average molecular weight is 401 g/mol. The summed E-state index contributed by atoms with van der Waals surface area (Å²) in [7, 11) is 0. The number of hydrogen-bond acceptors (Lipinski definition) is 3. The molecule has 4 heteroatoms. The Morgan fingerprint density at radius 2 is 0.929 bits per heavy atom. The van der Waals surface area contributed by atoms with Gasteiger partial charge in [0.25, 0.3) is 0 Å². The molecular weight excluding hydrogens is 352 g/mol. The topological polar surface area (TPSA) is 77.8 Å². The fourth-order valence-electron chi connectivity index (χ4n) is 3.73. The van der Waals surface area contributed by atoms with Gasteiger partial charge < -0.3 is 15.3 Å². The highest BCUT2D eigenvalue weighted by Gasteiger charge is 2.09. The zero-order valence-corrected chi connectivity index (χ0v) is 18.5. The van der Waals surface area contributed by atoms with Gasteiger partial charge in [-0.2, -0.15) is 0 Å². The minimum atomic E-state index is -0.697. The molecule has 2 atom stereocenters. The number of carboxylic acid groups (broad SMARTS) is 1. The first-order valence-corrected chi connectivity index (χ1v) is 12.1. The van der Waals surface area contributed by atoms with Gasteiger partial charge in [0.1, 0.15) is 0 Å². The fraction of sp³-hybridized carbons (Fsp3) is 0.958. The van der Waals surface area contributed by atoms with Crippen LogP contribution in [0.1, 0.15) is 135 Å². The fourth-order valence-corrected chi connectivity index (χ4v) is 3.73. The van der Waals surface area contributed by atoms with Gasteiger partial charge in [0.05, 0.1) is 12.2 Å². The molecule has 0 saturated carbocycles. The van der Waals surface area contributed by atoms with E-state index in [-0.39, 0.29) is 18.6 Å². The summed E-state index contributed by atoms with van der Waals surface area (Å²) in [6, 6.07) is 0. The summed E-state index contributed by atoms with van der Waals surface area (Å²) in [6.45, 7) is 2.24. The molecule has 0 saturated heterocycles. The molecule has 0 heterocycles. The largest absolute Gasteiger partial charge is 0.481 e. The lowest BCUT2D eigenvalue weighted by Crippen LogP contribution is -2.13. The molecule has 0 fully saturated rings. The van der Waals surface area contributed by atoms with Crippen LogP contribution in [-0.2, 0) is 4.79 Å². The lowest BCUT2D eigenvalue weighted by atomic mass is 10.00. The van der Waals surface area contributed by atoms with Gasteiger partial charge in [-0.3, -0.25) is 4.79 Å². The molecule has 2 unspecified atom stereocenters. The molecule has 0 rings (SSSR count). The minimum Gasteiger partial charge on any atom is -0.481 e. The Kier molecular flexibility index (Phi) is 20.6. The van der Waals surface area contributed by atoms with Crippen molar-refractivity contribution in [3.05, 3.63) is 0 Å². The first-order chi connectivity index (χ1) is 13.6. The van der Waals surface area contributed by atoms with E-state index in [4.69, 9.17) is 5.11 Å². The molecule has 0 aromatic heterocycles. The number of hydrogen-bond donors (Lipinski definition) is 3. The van der Waals surface area contributed by atoms with Crippen molar-refractivity contribution in [2.45, 2.75) is 148 Å². The van der Waals surface area contributed by atoms with Crippen molar-refractivity contribution in [2.24, 2.45) is 0 Å². The third-order valence-electron chi connectivity index (χ3n) is 5.65. The summed E-state index contributed by atoms with van der Waals surface area (Å²) >= 11 is 0. The van der Waals surface area contributed by atoms with Crippen LogP contribution in [0.25, 0.3) is 0 Å². The smallest absolute Gasteiger partial charge is 0.303 e. The summed E-state index contributed by atoms with van der Waals surface area (Å²) in [5, 5.41) is 28.7. The van der Waals surface area contributed by atoms with Crippen LogP contribution in [0.15, 0.2) is 0 Å². The first kappa shape index (κ1) is 27.4. The average Bonchev–Trinajstić information content (AvgIpc) is 2.66. The molecule has 0 aromatic carbocycles. The second-order valence-corrected chi connectivity index (χ2v) is 8.56. The molecule has 0 aliphatic rings. The van der Waals surface area contributed by atoms with Crippen LogP contribution in [-0.4, -0.2) is 33.5 Å². The van der Waals surface area contributed by atoms with Crippen molar-refractivity contribution in [3.63, 3.8) is 0 Å². The number of aliphatic hydroxyl groups excluding tert-OH is 2. The Morgan fingerprint density at radius 3 is 1.32 bits per heavy atom. The van der Waals surface area contributed by atoms with Gasteiger partial charge in [0.15, 0.2) is 0 Å². The quantitative estimate of drug-likeness (QED) is 0.179. The maximum Gasteiger partial charge on any atom is 0.303 e. The van der Waals surface area contributed by atoms with Crippen LogP contribution in [0.2, 0.25) is 0 Å². The van der Waals surface area contributed by atoms with E-state index in [1.165, 1.54) is 51.4 Å². The molecule has 168 valence electrons. The van der Waals surface area contributed by atoms with Crippen molar-refractivity contribution in [2.75, 3.05) is 0 Å². The first-order valence-electron chi connectivity index (χ1n) is 12.1. The van der Waals surface area contributed by atoms with Crippen LogP contribution >= 0.6 is 0 Å². The van der Waals surface area contributed by atoms with Crippen LogP contribution in [0.5, 0.6) is 0 Å². The number of unbranched alkanes of at least 4 members (excludes halogenated alkanes) is 13. The van der Waals surface area contributed by atoms with E-state index in [0.29, 0.717) is 6.42 Å². The molecule has 0 radical (unpaired) electrons. The molecular formula is C24H48O4. The second-order valence-electron chi connectivity index (χ2n) is 8.56. The number of carboxylic acids is 1. The lowest BCUT2D eigenvalue weighted by Gasteiger charge is -2.14. The van der Waals surface area contributed by atoms with Crippen molar-refractivity contribution in [1.82, 2.24) is 0 Å². The van der Waals surface area contributed by atoms with Gasteiger partial charge in [0.2, 0.25) is 0 Å². The Morgan fingerprint density at radius 1 is 0.571 bits per heavy atom. The van der Waals surface area contributed by atoms with E-state index in [9.17, 15) is 15.0 Å². The monoisotopic (exact) mass is 400 g/mol. The Bertz CT molecular complexity index is 333. The summed E-state index contributed by atoms with van der Waals surface area (Å²) < 4.78 is 0. The maximum atomic E-state index is 10.4.